The number of anilines is 1. The molecule has 7 heteroatoms. The zero-order valence-electron chi connectivity index (χ0n) is 15.3. The average Bonchev–Trinajstić information content (AvgIpc) is 2.69. The van der Waals surface area contributed by atoms with Gasteiger partial charge in [0.1, 0.15) is 5.82 Å². The predicted molar refractivity (Wildman–Crippen MR) is 102 cm³/mol. The van der Waals surface area contributed by atoms with Crippen LogP contribution in [-0.4, -0.2) is 42.5 Å². The molecule has 3 rings (SSSR count). The number of carbonyl (C=O) groups excluding carboxylic acids is 1. The monoisotopic (exact) mass is 359 g/mol. The molecule has 2 aliphatic rings. The Balaban J connectivity index is 1.55. The molecule has 26 heavy (non-hydrogen) atoms. The molecule has 1 aliphatic heterocycles. The molecule has 3 N–H and O–H groups in total. The Labute approximate surface area is 155 Å². The number of hydrogen-bond acceptors (Lipinski definition) is 5. The molecule has 0 spiro atoms. The van der Waals surface area contributed by atoms with Gasteiger partial charge in [-0.1, -0.05) is 24.4 Å². The minimum Gasteiger partial charge on any atom is -0.384 e. The van der Waals surface area contributed by atoms with Gasteiger partial charge in [-0.15, -0.1) is 0 Å². The van der Waals surface area contributed by atoms with Gasteiger partial charge in [0.15, 0.2) is 12.4 Å². The highest BCUT2D eigenvalue weighted by Gasteiger charge is 2.18. The zero-order valence-corrected chi connectivity index (χ0v) is 15.3. The summed E-state index contributed by atoms with van der Waals surface area (Å²) in [4.78, 5) is 23.9. The van der Waals surface area contributed by atoms with Crippen LogP contribution in [0.4, 0.5) is 5.82 Å². The first-order chi connectivity index (χ1) is 12.7. The first-order valence-corrected chi connectivity index (χ1v) is 9.69. The lowest BCUT2D eigenvalue weighted by Crippen LogP contribution is -2.38. The zero-order chi connectivity index (χ0) is 18.2. The maximum absolute atomic E-state index is 12.0. The number of hydrogen-bond donors (Lipinski definition) is 2. The van der Waals surface area contributed by atoms with Gasteiger partial charge in [-0.2, -0.15) is 0 Å². The Hall–Kier alpha value is -2.31. The first kappa shape index (κ1) is 18.5. The van der Waals surface area contributed by atoms with E-state index in [2.05, 4.69) is 20.4 Å². The van der Waals surface area contributed by atoms with Crippen LogP contribution >= 0.6 is 0 Å². The van der Waals surface area contributed by atoms with E-state index in [0.29, 0.717) is 0 Å². The van der Waals surface area contributed by atoms with Crippen LogP contribution in [0.25, 0.3) is 0 Å². The largest absolute Gasteiger partial charge is 0.384 e. The summed E-state index contributed by atoms with van der Waals surface area (Å²) >= 11 is 0. The average molecular weight is 359 g/mol. The first-order valence-electron chi connectivity index (χ1n) is 9.69. The van der Waals surface area contributed by atoms with Gasteiger partial charge < -0.3 is 20.8 Å². The molecule has 1 saturated heterocycles. The van der Waals surface area contributed by atoms with E-state index < -0.39 is 0 Å². The van der Waals surface area contributed by atoms with Crippen molar-refractivity contribution in [1.29, 1.82) is 0 Å². The number of nitrogens with one attached hydrogen (secondary N) is 1. The second-order valence-electron chi connectivity index (χ2n) is 7.07. The molecule has 0 radical (unpaired) electrons. The highest BCUT2D eigenvalue weighted by atomic mass is 16.6. The minimum atomic E-state index is -0.143. The molecular weight excluding hydrogens is 330 g/mol. The lowest BCUT2D eigenvalue weighted by molar-refractivity contribution is -0.126. The third kappa shape index (κ3) is 5.09. The summed E-state index contributed by atoms with van der Waals surface area (Å²) in [5.74, 6) is 0.948. The maximum atomic E-state index is 12.0. The number of aromatic nitrogens is 1. The second-order valence-corrected chi connectivity index (χ2v) is 7.07. The molecule has 0 aromatic carbocycles. The number of amides is 1. The van der Waals surface area contributed by atoms with E-state index in [1.54, 1.807) is 6.20 Å². The molecule has 7 nitrogen and oxygen atoms in total. The van der Waals surface area contributed by atoms with Gasteiger partial charge in [0.05, 0.1) is 5.56 Å². The lowest BCUT2D eigenvalue weighted by atomic mass is 9.95. The highest BCUT2D eigenvalue weighted by molar-refractivity contribution is 6.01. The van der Waals surface area contributed by atoms with Gasteiger partial charge in [-0.3, -0.25) is 4.79 Å². The molecule has 1 aliphatic carbocycles. The van der Waals surface area contributed by atoms with E-state index in [4.69, 9.17) is 10.6 Å². The van der Waals surface area contributed by atoms with Crippen molar-refractivity contribution in [3.05, 3.63) is 23.9 Å². The predicted octanol–water partition coefficient (Wildman–Crippen LogP) is 2.16. The third-order valence-corrected chi connectivity index (χ3v) is 5.05. The van der Waals surface area contributed by atoms with Crippen molar-refractivity contribution in [2.75, 3.05) is 24.6 Å². The fraction of sp³-hybridized carbons (Fsp3) is 0.632. The Morgan fingerprint density at radius 2 is 1.96 bits per heavy atom. The Morgan fingerprint density at radius 1 is 1.23 bits per heavy atom. The van der Waals surface area contributed by atoms with Crippen LogP contribution in [0.5, 0.6) is 0 Å². The summed E-state index contributed by atoms with van der Waals surface area (Å²) in [5, 5.41) is 6.95. The van der Waals surface area contributed by atoms with Gasteiger partial charge in [-0.05, 0) is 44.2 Å². The minimum absolute atomic E-state index is 0.115. The molecule has 1 aromatic rings. The quantitative estimate of drug-likeness (QED) is 0.461. The smallest absolute Gasteiger partial charge is 0.260 e. The Bertz CT molecular complexity index is 622. The van der Waals surface area contributed by atoms with Crippen molar-refractivity contribution in [3.63, 3.8) is 0 Å². The number of nitrogens with zero attached hydrogens (tertiary/aromatic N) is 3. The maximum Gasteiger partial charge on any atom is 0.260 e. The van der Waals surface area contributed by atoms with Gasteiger partial charge in [-0.25, -0.2) is 4.98 Å². The summed E-state index contributed by atoms with van der Waals surface area (Å²) in [6, 6.07) is 3.99. The molecule has 1 amide bonds. The van der Waals surface area contributed by atoms with Crippen molar-refractivity contribution in [3.8, 4) is 0 Å². The number of nitrogens with two attached hydrogens (primary N) is 1. The molecule has 142 valence electrons. The second kappa shape index (κ2) is 9.40. The number of carbonyl (C=O) groups is 1. The third-order valence-electron chi connectivity index (χ3n) is 5.05. The molecule has 2 heterocycles. The summed E-state index contributed by atoms with van der Waals surface area (Å²) < 4.78 is 0. The van der Waals surface area contributed by atoms with Crippen molar-refractivity contribution in [1.82, 2.24) is 10.3 Å². The van der Waals surface area contributed by atoms with E-state index in [9.17, 15) is 4.79 Å². The number of rotatable bonds is 6. The Morgan fingerprint density at radius 3 is 2.73 bits per heavy atom. The normalized spacial score (nSPS) is 19.2. The Kier molecular flexibility index (Phi) is 6.68. The van der Waals surface area contributed by atoms with E-state index in [1.165, 1.54) is 25.7 Å². The van der Waals surface area contributed by atoms with Gasteiger partial charge in [0, 0.05) is 25.3 Å². The number of amidine groups is 1. The fourth-order valence-corrected chi connectivity index (χ4v) is 3.68. The van der Waals surface area contributed by atoms with Gasteiger partial charge >= 0.3 is 0 Å². The highest BCUT2D eigenvalue weighted by Crippen LogP contribution is 2.21. The van der Waals surface area contributed by atoms with E-state index in [0.717, 1.165) is 50.2 Å². The number of pyridine rings is 1. The van der Waals surface area contributed by atoms with Crippen LogP contribution in [0.1, 0.15) is 56.9 Å². The number of oxime groups is 1. The lowest BCUT2D eigenvalue weighted by Gasteiger charge is -2.29. The summed E-state index contributed by atoms with van der Waals surface area (Å²) in [6.45, 7) is 1.83. The van der Waals surface area contributed by atoms with Crippen molar-refractivity contribution < 1.29 is 9.63 Å². The van der Waals surface area contributed by atoms with Gasteiger partial charge in [0.2, 0.25) is 0 Å². The molecule has 1 aromatic heterocycles. The van der Waals surface area contributed by atoms with Crippen LogP contribution < -0.4 is 16.0 Å². The standard InChI is InChI=1S/C19H29N5O2/c20-18(23-26-14-17(25)22-15-8-3-1-4-9-15)16-10-7-11-21-19(16)24-12-5-2-6-13-24/h7,10-11,15H,1-6,8-9,12-14H2,(H2,20,23)(H,22,25). The van der Waals surface area contributed by atoms with Crippen LogP contribution in [0.3, 0.4) is 0 Å². The van der Waals surface area contributed by atoms with Crippen LogP contribution in [0.15, 0.2) is 23.5 Å². The van der Waals surface area contributed by atoms with Crippen molar-refractivity contribution >= 4 is 17.6 Å². The molecule has 1 saturated carbocycles. The van der Waals surface area contributed by atoms with Crippen LogP contribution in [0, 0.1) is 0 Å². The molecule has 2 fully saturated rings. The van der Waals surface area contributed by atoms with E-state index in [1.807, 2.05) is 12.1 Å². The fourth-order valence-electron chi connectivity index (χ4n) is 3.68. The van der Waals surface area contributed by atoms with Crippen molar-refractivity contribution in [2.24, 2.45) is 10.9 Å². The van der Waals surface area contributed by atoms with E-state index >= 15 is 0 Å². The van der Waals surface area contributed by atoms with Gasteiger partial charge in [0.25, 0.3) is 5.91 Å². The van der Waals surface area contributed by atoms with Crippen LogP contribution in [-0.2, 0) is 9.63 Å². The molecular formula is C19H29N5O2. The molecule has 0 bridgehead atoms. The summed E-state index contributed by atoms with van der Waals surface area (Å²) in [5.41, 5.74) is 6.85. The number of piperidine rings is 1. The van der Waals surface area contributed by atoms with E-state index in [-0.39, 0.29) is 24.4 Å². The molecule has 0 unspecified atom stereocenters. The van der Waals surface area contributed by atoms with Crippen LogP contribution in [0.2, 0.25) is 0 Å². The molecule has 0 atom stereocenters. The SMILES string of the molecule is NC(=NOCC(=O)NC1CCCCC1)c1cccnc1N1CCCCC1. The van der Waals surface area contributed by atoms with Crippen molar-refractivity contribution in [2.45, 2.75) is 57.4 Å². The topological polar surface area (TPSA) is 92.8 Å². The summed E-state index contributed by atoms with van der Waals surface area (Å²) in [6.07, 6.45) is 11.0. The summed E-state index contributed by atoms with van der Waals surface area (Å²) in [7, 11) is 0.